The summed E-state index contributed by atoms with van der Waals surface area (Å²) in [5.41, 5.74) is 9.89. The van der Waals surface area contributed by atoms with Crippen molar-refractivity contribution in [3.05, 3.63) is 76.2 Å². The number of rotatable bonds is 5. The van der Waals surface area contributed by atoms with E-state index in [1.165, 1.54) is 11.3 Å². The second kappa shape index (κ2) is 8.91. The maximum Gasteiger partial charge on any atom is 0.257 e. The van der Waals surface area contributed by atoms with Crippen molar-refractivity contribution in [2.75, 3.05) is 12.4 Å². The highest BCUT2D eigenvalue weighted by Crippen LogP contribution is 2.40. The Hall–Kier alpha value is -3.71. The van der Waals surface area contributed by atoms with Crippen LogP contribution in [0.1, 0.15) is 44.5 Å². The minimum absolute atomic E-state index is 0.295. The number of aromatic nitrogens is 1. The Morgan fingerprint density at radius 1 is 1.15 bits per heavy atom. The van der Waals surface area contributed by atoms with Crippen LogP contribution < -0.4 is 15.8 Å². The number of benzene rings is 2. The summed E-state index contributed by atoms with van der Waals surface area (Å²) < 4.78 is 5.35. The zero-order valence-electron chi connectivity index (χ0n) is 19.1. The molecule has 0 saturated heterocycles. The lowest BCUT2D eigenvalue weighted by atomic mass is 9.88. The van der Waals surface area contributed by atoms with E-state index in [4.69, 9.17) is 15.5 Å². The van der Waals surface area contributed by atoms with Gasteiger partial charge in [0.05, 0.1) is 29.4 Å². The van der Waals surface area contributed by atoms with Gasteiger partial charge in [-0.05, 0) is 55.0 Å². The fraction of sp³-hybridized carbons (Fsp3) is 0.222. The molecule has 1 atom stereocenters. The molecule has 7 heteroatoms. The molecule has 0 spiro atoms. The molecule has 0 radical (unpaired) electrons. The highest BCUT2D eigenvalue weighted by atomic mass is 32.1. The Morgan fingerprint density at radius 3 is 2.76 bits per heavy atom. The number of para-hydroxylation sites is 1. The molecule has 0 fully saturated rings. The zero-order valence-corrected chi connectivity index (χ0v) is 19.9. The van der Waals surface area contributed by atoms with E-state index in [1.807, 2.05) is 48.5 Å². The molecule has 5 rings (SSSR count). The van der Waals surface area contributed by atoms with Gasteiger partial charge in [0.25, 0.3) is 11.8 Å². The Labute approximate surface area is 201 Å². The topological polar surface area (TPSA) is 94.3 Å². The van der Waals surface area contributed by atoms with Crippen LogP contribution in [0, 0.1) is 5.92 Å². The monoisotopic (exact) mass is 471 g/mol. The number of thiophene rings is 1. The number of carbonyl (C=O) groups excluding carboxylic acids is 2. The molecule has 6 nitrogen and oxygen atoms in total. The smallest absolute Gasteiger partial charge is 0.257 e. The highest BCUT2D eigenvalue weighted by molar-refractivity contribution is 7.17. The van der Waals surface area contributed by atoms with Crippen molar-refractivity contribution >= 4 is 39.1 Å². The summed E-state index contributed by atoms with van der Waals surface area (Å²) in [4.78, 5) is 31.8. The first-order chi connectivity index (χ1) is 16.4. The van der Waals surface area contributed by atoms with Crippen molar-refractivity contribution in [2.24, 2.45) is 11.7 Å². The fourth-order valence-electron chi connectivity index (χ4n) is 4.56. The Bertz CT molecular complexity index is 1430. The average Bonchev–Trinajstić information content (AvgIpc) is 3.20. The van der Waals surface area contributed by atoms with Gasteiger partial charge in [0.15, 0.2) is 0 Å². The average molecular weight is 472 g/mol. The molecule has 172 valence electrons. The summed E-state index contributed by atoms with van der Waals surface area (Å²) >= 11 is 1.46. The second-order valence-corrected chi connectivity index (χ2v) is 9.78. The number of methoxy groups -OCH3 is 1. The maximum absolute atomic E-state index is 13.6. The van der Waals surface area contributed by atoms with Crippen LogP contribution >= 0.6 is 11.3 Å². The van der Waals surface area contributed by atoms with Crippen LogP contribution in [0.15, 0.2) is 54.6 Å². The van der Waals surface area contributed by atoms with Crippen LogP contribution in [0.3, 0.4) is 0 Å². The summed E-state index contributed by atoms with van der Waals surface area (Å²) in [5.74, 6) is 0.462. The standard InChI is InChI=1S/C27H25N3O3S/c1-15-10-11-19-23(12-15)34-27(24(19)25(28)31)30-26(32)20-14-22(16-6-5-7-17(13-16)33-2)29-21-9-4-3-8-18(20)21/h3-9,13-15H,10-12H2,1-2H3,(H2,28,31)(H,30,32)/t15-/m0/s1. The molecule has 1 aliphatic carbocycles. The summed E-state index contributed by atoms with van der Waals surface area (Å²) in [7, 11) is 1.61. The third kappa shape index (κ3) is 4.03. The number of carbonyl (C=O) groups is 2. The molecule has 1 aliphatic rings. The number of pyridine rings is 1. The normalized spacial score (nSPS) is 15.1. The van der Waals surface area contributed by atoms with Gasteiger partial charge in [-0.1, -0.05) is 37.3 Å². The summed E-state index contributed by atoms with van der Waals surface area (Å²) in [5, 5.41) is 4.27. The minimum atomic E-state index is -0.501. The molecule has 0 saturated carbocycles. The quantitative estimate of drug-likeness (QED) is 0.405. The Morgan fingerprint density at radius 2 is 1.97 bits per heavy atom. The van der Waals surface area contributed by atoms with E-state index in [1.54, 1.807) is 13.2 Å². The zero-order chi connectivity index (χ0) is 23.8. The predicted octanol–water partition coefficient (Wildman–Crippen LogP) is 5.45. The number of hydrogen-bond donors (Lipinski definition) is 2. The molecule has 4 aromatic rings. The van der Waals surface area contributed by atoms with Crippen molar-refractivity contribution in [3.63, 3.8) is 0 Å². The fourth-order valence-corrected chi connectivity index (χ4v) is 5.97. The summed E-state index contributed by atoms with van der Waals surface area (Å²) in [6.45, 7) is 2.20. The first-order valence-corrected chi connectivity index (χ1v) is 12.1. The Kier molecular flexibility index (Phi) is 5.79. The molecule has 2 heterocycles. The Balaban J connectivity index is 1.58. The minimum Gasteiger partial charge on any atom is -0.497 e. The largest absolute Gasteiger partial charge is 0.497 e. The molecule has 0 aliphatic heterocycles. The third-order valence-corrected chi connectivity index (χ3v) is 7.48. The van der Waals surface area contributed by atoms with E-state index >= 15 is 0 Å². The molecule has 3 N–H and O–H groups in total. The van der Waals surface area contributed by atoms with Crippen LogP contribution in [0.5, 0.6) is 5.75 Å². The molecule has 2 amide bonds. The van der Waals surface area contributed by atoms with Gasteiger partial charge in [0.1, 0.15) is 10.8 Å². The van der Waals surface area contributed by atoms with Crippen molar-refractivity contribution in [1.82, 2.24) is 4.98 Å². The van der Waals surface area contributed by atoms with Crippen LogP contribution in [-0.2, 0) is 12.8 Å². The number of nitrogens with one attached hydrogen (secondary N) is 1. The summed E-state index contributed by atoms with van der Waals surface area (Å²) in [6.07, 6.45) is 2.71. The van der Waals surface area contributed by atoms with Gasteiger partial charge in [0, 0.05) is 15.8 Å². The van der Waals surface area contributed by atoms with E-state index in [2.05, 4.69) is 12.2 Å². The predicted molar refractivity (Wildman–Crippen MR) is 136 cm³/mol. The molecule has 2 aromatic carbocycles. The van der Waals surface area contributed by atoms with Gasteiger partial charge in [-0.2, -0.15) is 0 Å². The van der Waals surface area contributed by atoms with E-state index in [9.17, 15) is 9.59 Å². The molecule has 0 unspecified atom stereocenters. The SMILES string of the molecule is COc1cccc(-c2cc(C(=O)Nc3sc4c(c3C(N)=O)CC[C@H](C)C4)c3ccccc3n2)c1. The van der Waals surface area contributed by atoms with E-state index in [0.717, 1.165) is 40.7 Å². The number of hydrogen-bond acceptors (Lipinski definition) is 5. The van der Waals surface area contributed by atoms with Crippen molar-refractivity contribution in [3.8, 4) is 17.0 Å². The number of anilines is 1. The van der Waals surface area contributed by atoms with E-state index in [-0.39, 0.29) is 5.91 Å². The number of fused-ring (bicyclic) bond motifs is 2. The summed E-state index contributed by atoms with van der Waals surface area (Å²) in [6, 6.07) is 16.9. The van der Waals surface area contributed by atoms with E-state index in [0.29, 0.717) is 39.0 Å². The van der Waals surface area contributed by atoms with Crippen LogP contribution in [0.2, 0.25) is 0 Å². The lowest BCUT2D eigenvalue weighted by Gasteiger charge is -2.18. The van der Waals surface area contributed by atoms with Crippen molar-refractivity contribution in [1.29, 1.82) is 0 Å². The molecule has 0 bridgehead atoms. The lowest BCUT2D eigenvalue weighted by molar-refractivity contribution is 0.1000. The first kappa shape index (κ1) is 22.1. The third-order valence-electron chi connectivity index (χ3n) is 6.31. The van der Waals surface area contributed by atoms with Gasteiger partial charge >= 0.3 is 0 Å². The molecular formula is C27H25N3O3S. The lowest BCUT2D eigenvalue weighted by Crippen LogP contribution is -2.19. The van der Waals surface area contributed by atoms with Gasteiger partial charge in [-0.3, -0.25) is 9.59 Å². The number of nitrogens with zero attached hydrogens (tertiary/aromatic N) is 1. The molecule has 2 aromatic heterocycles. The molecular weight excluding hydrogens is 446 g/mol. The second-order valence-electron chi connectivity index (χ2n) is 8.68. The number of nitrogens with two attached hydrogens (primary N) is 1. The molecule has 34 heavy (non-hydrogen) atoms. The number of primary amides is 1. The van der Waals surface area contributed by atoms with Gasteiger partial charge in [-0.15, -0.1) is 11.3 Å². The van der Waals surface area contributed by atoms with Crippen LogP contribution in [0.4, 0.5) is 5.00 Å². The van der Waals surface area contributed by atoms with Gasteiger partial charge in [0.2, 0.25) is 0 Å². The first-order valence-electron chi connectivity index (χ1n) is 11.2. The number of ether oxygens (including phenoxy) is 1. The maximum atomic E-state index is 13.6. The van der Waals surface area contributed by atoms with Crippen LogP contribution in [-0.4, -0.2) is 23.9 Å². The van der Waals surface area contributed by atoms with Crippen LogP contribution in [0.25, 0.3) is 22.2 Å². The van der Waals surface area contributed by atoms with Gasteiger partial charge in [-0.25, -0.2) is 4.98 Å². The highest BCUT2D eigenvalue weighted by Gasteiger charge is 2.28. The van der Waals surface area contributed by atoms with Gasteiger partial charge < -0.3 is 15.8 Å². The van der Waals surface area contributed by atoms with E-state index < -0.39 is 5.91 Å². The van der Waals surface area contributed by atoms with Crippen molar-refractivity contribution < 1.29 is 14.3 Å². The van der Waals surface area contributed by atoms with Crippen molar-refractivity contribution in [2.45, 2.75) is 26.2 Å². The number of amides is 2.